The minimum Gasteiger partial charge on any atom is -0.374 e. The maximum Gasteiger partial charge on any atom is 0.332 e. The van der Waals surface area contributed by atoms with Crippen molar-refractivity contribution >= 4 is 60.1 Å². The number of fused-ring (bicyclic) bond motifs is 7. The minimum absolute atomic E-state index is 0.0591. The fourth-order valence-corrected chi connectivity index (χ4v) is 12.3. The van der Waals surface area contributed by atoms with Gasteiger partial charge in [-0.2, -0.15) is 0 Å². The second-order valence-corrected chi connectivity index (χ2v) is 21.4. The molecule has 0 atom stereocenters. The number of nitrogens with zero attached hydrogens (tertiary/aromatic N) is 2. The predicted molar refractivity (Wildman–Crippen MR) is 215 cm³/mol. The molecule has 0 spiro atoms. The van der Waals surface area contributed by atoms with Crippen LogP contribution in [0.15, 0.2) is 174 Å². The highest BCUT2D eigenvalue weighted by molar-refractivity contribution is 8.48. The lowest BCUT2D eigenvalue weighted by molar-refractivity contribution is 1.16. The van der Waals surface area contributed by atoms with Crippen LogP contribution in [0.1, 0.15) is 0 Å². The van der Waals surface area contributed by atoms with Gasteiger partial charge < -0.3 is 9.38 Å². The van der Waals surface area contributed by atoms with Crippen molar-refractivity contribution < 1.29 is 0 Å². The van der Waals surface area contributed by atoms with Crippen LogP contribution in [0.2, 0.25) is 0 Å². The van der Waals surface area contributed by atoms with Gasteiger partial charge in [-0.25, -0.2) is 9.16 Å². The van der Waals surface area contributed by atoms with Crippen molar-refractivity contribution in [3.05, 3.63) is 164 Å². The molecule has 0 radical (unpaired) electrons. The topological polar surface area (TPSA) is 8.17 Å². The molecule has 49 heavy (non-hydrogen) atoms. The molecule has 2 nitrogen and oxygen atoms in total. The van der Waals surface area contributed by atoms with Crippen LogP contribution >= 0.6 is 9.16 Å². The van der Waals surface area contributed by atoms with Crippen LogP contribution in [0.4, 0.5) is 11.4 Å². The van der Waals surface area contributed by atoms with E-state index in [2.05, 4.69) is 192 Å². The van der Waals surface area contributed by atoms with Crippen LogP contribution in [0.5, 0.6) is 0 Å². The van der Waals surface area contributed by atoms with E-state index in [4.69, 9.17) is 0 Å². The summed E-state index contributed by atoms with van der Waals surface area (Å²) in [5.74, 6) is 0. The fourth-order valence-electron chi connectivity index (χ4n) is 8.92. The molecule has 0 aliphatic carbocycles. The summed E-state index contributed by atoms with van der Waals surface area (Å²) < 4.78 is 2.52. The van der Waals surface area contributed by atoms with Gasteiger partial charge in [0.05, 0.1) is 11.0 Å². The number of hydrogen-bond donors (Lipinski definition) is 1. The molecule has 1 aromatic heterocycles. The highest BCUT2D eigenvalue weighted by Gasteiger charge is 2.48. The summed E-state index contributed by atoms with van der Waals surface area (Å²) in [7, 11) is -2.68. The van der Waals surface area contributed by atoms with E-state index in [-0.39, 0.29) is 6.85 Å². The molecular weight excluding hydrogens is 611 g/mol. The van der Waals surface area contributed by atoms with Crippen molar-refractivity contribution in [3.8, 4) is 27.9 Å². The molecule has 0 amide bonds. The van der Waals surface area contributed by atoms with E-state index in [0.29, 0.717) is 0 Å². The van der Waals surface area contributed by atoms with Gasteiger partial charge >= 0.3 is 6.85 Å². The standard InChI is InChI=1S/C45H37BN2S/c1-49(2,3)41-29-15-22-33(31-17-6-4-7-18-31)44(41)48(45-34(23-16-30-42(45)49)32-19-8-5-9-20-32)46-37-25-11-13-28-40(37)47-39-27-12-10-21-35(39)36-24-14-26-38(46)43(36)47/h4-30,49H,1-3H3. The van der Waals surface area contributed by atoms with E-state index in [1.54, 1.807) is 0 Å². The quantitative estimate of drug-likeness (QED) is 0.148. The number of anilines is 2. The Morgan fingerprint density at radius 2 is 0.959 bits per heavy atom. The van der Waals surface area contributed by atoms with E-state index < -0.39 is 9.16 Å². The second-order valence-electron chi connectivity index (χ2n) is 14.8. The van der Waals surface area contributed by atoms with Gasteiger partial charge in [0.15, 0.2) is 0 Å². The Balaban J connectivity index is 1.41. The van der Waals surface area contributed by atoms with Gasteiger partial charge in [-0.1, -0.05) is 140 Å². The van der Waals surface area contributed by atoms with Crippen LogP contribution in [0, 0.1) is 0 Å². The van der Waals surface area contributed by atoms with Crippen LogP contribution in [0.3, 0.4) is 0 Å². The third-order valence-electron chi connectivity index (χ3n) is 11.1. The van der Waals surface area contributed by atoms with Crippen molar-refractivity contribution in [2.75, 3.05) is 23.6 Å². The molecule has 10 rings (SSSR count). The lowest BCUT2D eigenvalue weighted by Crippen LogP contribution is -2.59. The number of rotatable bonds is 3. The molecule has 2 aliphatic heterocycles. The summed E-state index contributed by atoms with van der Waals surface area (Å²) in [4.78, 5) is 5.67. The first-order valence-corrected chi connectivity index (χ1v) is 20.8. The first kappa shape index (κ1) is 28.6. The summed E-state index contributed by atoms with van der Waals surface area (Å²) in [6, 6.07) is 61.1. The molecule has 4 heteroatoms. The first-order valence-electron chi connectivity index (χ1n) is 17.2. The van der Waals surface area contributed by atoms with Gasteiger partial charge in [-0.05, 0) is 65.1 Å². The second kappa shape index (κ2) is 10.0. The Hall–Kier alpha value is -5.45. The van der Waals surface area contributed by atoms with Crippen LogP contribution in [0.25, 0.3) is 49.7 Å². The van der Waals surface area contributed by atoms with E-state index in [9.17, 15) is 0 Å². The SMILES string of the molecule is C[SH]1(C)(C)c2cccc(-c3ccccc3)c2N(B2c3ccccc3-n3c4ccccc4c4cccc2c43)c2c(-c3ccccc3)cccc21. The number of para-hydroxylation sites is 5. The van der Waals surface area contributed by atoms with E-state index in [1.165, 1.54) is 81.8 Å². The monoisotopic (exact) mass is 648 g/mol. The van der Waals surface area contributed by atoms with E-state index >= 15 is 0 Å². The maximum absolute atomic E-state index is 2.76. The van der Waals surface area contributed by atoms with Crippen molar-refractivity contribution in [1.29, 1.82) is 0 Å². The molecular formula is C45H37BN2S. The molecule has 0 saturated carbocycles. The lowest BCUT2D eigenvalue weighted by atomic mass is 9.46. The summed E-state index contributed by atoms with van der Waals surface area (Å²) in [5, 5.41) is 2.60. The van der Waals surface area contributed by atoms with Crippen LogP contribution in [-0.4, -0.2) is 30.2 Å². The highest BCUT2D eigenvalue weighted by atomic mass is 32.3. The average Bonchev–Trinajstić information content (AvgIpc) is 3.48. The third-order valence-corrected chi connectivity index (χ3v) is 15.2. The molecule has 2 aliphatic rings. The molecule has 236 valence electrons. The van der Waals surface area contributed by atoms with Crippen molar-refractivity contribution in [3.63, 3.8) is 0 Å². The number of hydrogen-bond acceptors (Lipinski definition) is 1. The summed E-state index contributed by atoms with van der Waals surface area (Å²) in [5.41, 5.74) is 14.2. The van der Waals surface area contributed by atoms with Gasteiger partial charge in [-0.15, -0.1) is 0 Å². The third kappa shape index (κ3) is 3.87. The summed E-state index contributed by atoms with van der Waals surface area (Å²) in [6.07, 6.45) is 7.66. The maximum atomic E-state index is 2.76. The Morgan fingerprint density at radius 3 is 1.61 bits per heavy atom. The Bertz CT molecular complexity index is 2520. The van der Waals surface area contributed by atoms with Gasteiger partial charge in [-0.3, -0.25) is 0 Å². The normalized spacial score (nSPS) is 16.0. The molecule has 8 aromatic rings. The largest absolute Gasteiger partial charge is 0.374 e. The number of thiol groups is 1. The average molecular weight is 649 g/mol. The Morgan fingerprint density at radius 1 is 0.449 bits per heavy atom. The van der Waals surface area contributed by atoms with Gasteiger partial charge in [0, 0.05) is 48.8 Å². The predicted octanol–water partition coefficient (Wildman–Crippen LogP) is 10.1. The minimum atomic E-state index is -2.68. The Kier molecular flexibility index (Phi) is 5.85. The zero-order chi connectivity index (χ0) is 32.9. The van der Waals surface area contributed by atoms with Crippen molar-refractivity contribution in [2.24, 2.45) is 0 Å². The zero-order valence-electron chi connectivity index (χ0n) is 28.0. The molecule has 0 saturated heterocycles. The summed E-state index contributed by atoms with van der Waals surface area (Å²) in [6.45, 7) is -0.0591. The van der Waals surface area contributed by atoms with Crippen molar-refractivity contribution in [2.45, 2.75) is 9.79 Å². The fraction of sp³-hybridized carbons (Fsp3) is 0.0667. The molecule has 0 unspecified atom stereocenters. The van der Waals surface area contributed by atoms with Gasteiger partial charge in [0.1, 0.15) is 0 Å². The first-order chi connectivity index (χ1) is 23.9. The number of aromatic nitrogens is 1. The number of benzene rings is 7. The van der Waals surface area contributed by atoms with Crippen LogP contribution in [-0.2, 0) is 0 Å². The molecule has 0 N–H and O–H groups in total. The smallest absolute Gasteiger partial charge is 0.332 e. The zero-order valence-corrected chi connectivity index (χ0v) is 28.9. The van der Waals surface area contributed by atoms with E-state index in [0.717, 1.165) is 0 Å². The van der Waals surface area contributed by atoms with Gasteiger partial charge in [0.25, 0.3) is 0 Å². The van der Waals surface area contributed by atoms with Crippen LogP contribution < -0.4 is 15.7 Å². The molecule has 7 aromatic carbocycles. The van der Waals surface area contributed by atoms with Gasteiger partial charge in [0.2, 0.25) is 0 Å². The summed E-state index contributed by atoms with van der Waals surface area (Å²) >= 11 is 0. The lowest BCUT2D eigenvalue weighted by Gasteiger charge is -2.60. The molecule has 0 bridgehead atoms. The Labute approximate surface area is 288 Å². The molecule has 0 fully saturated rings. The van der Waals surface area contributed by atoms with Crippen molar-refractivity contribution in [1.82, 2.24) is 4.57 Å². The van der Waals surface area contributed by atoms with E-state index in [1.807, 2.05) is 0 Å². The molecule has 3 heterocycles. The highest BCUT2D eigenvalue weighted by Crippen LogP contribution is 2.80.